The van der Waals surface area contributed by atoms with Crippen LogP contribution in [0.1, 0.15) is 39.3 Å². The van der Waals surface area contributed by atoms with E-state index in [4.69, 9.17) is 9.47 Å². The summed E-state index contributed by atoms with van der Waals surface area (Å²) in [6.45, 7) is 8.36. The molecule has 5 nitrogen and oxygen atoms in total. The van der Waals surface area contributed by atoms with Crippen LogP contribution in [0.15, 0.2) is 24.3 Å². The number of hydrogen-bond acceptors (Lipinski definition) is 4. The molecule has 3 rings (SSSR count). The van der Waals surface area contributed by atoms with Gasteiger partial charge in [-0.3, -0.25) is 9.59 Å². The zero-order valence-electron chi connectivity index (χ0n) is 14.0. The third kappa shape index (κ3) is 2.48. The number of ether oxygens (including phenoxy) is 2. The average molecular weight is 317 g/mol. The Bertz CT molecular complexity index is 634. The Kier molecular flexibility index (Phi) is 3.82. The molecule has 3 atom stereocenters. The molecule has 1 fully saturated rings. The first-order valence-corrected chi connectivity index (χ1v) is 8.07. The minimum absolute atomic E-state index is 0.151. The number of benzene rings is 1. The van der Waals surface area contributed by atoms with Crippen LogP contribution in [0.2, 0.25) is 0 Å². The van der Waals surface area contributed by atoms with E-state index in [0.717, 1.165) is 11.3 Å². The Morgan fingerprint density at radius 2 is 2.04 bits per heavy atom. The van der Waals surface area contributed by atoms with Gasteiger partial charge in [0.25, 0.3) is 0 Å². The van der Waals surface area contributed by atoms with E-state index in [-0.39, 0.29) is 30.0 Å². The number of fused-ring (bicyclic) bond motifs is 3. The highest BCUT2D eigenvalue weighted by atomic mass is 16.5. The molecule has 1 saturated heterocycles. The van der Waals surface area contributed by atoms with Crippen LogP contribution in [0.25, 0.3) is 0 Å². The topological polar surface area (TPSA) is 55.8 Å². The zero-order valence-corrected chi connectivity index (χ0v) is 14.0. The van der Waals surface area contributed by atoms with Crippen LogP contribution in [-0.2, 0) is 14.3 Å². The van der Waals surface area contributed by atoms with Gasteiger partial charge in [0.2, 0.25) is 5.91 Å². The summed E-state index contributed by atoms with van der Waals surface area (Å²) in [6, 6.07) is 7.59. The van der Waals surface area contributed by atoms with E-state index >= 15 is 0 Å². The summed E-state index contributed by atoms with van der Waals surface area (Å²) < 4.78 is 11.0. The molecule has 124 valence electrons. The lowest BCUT2D eigenvalue weighted by Crippen LogP contribution is -2.45. The molecule has 0 unspecified atom stereocenters. The average Bonchev–Trinajstić information content (AvgIpc) is 2.79. The van der Waals surface area contributed by atoms with Crippen LogP contribution >= 0.6 is 0 Å². The summed E-state index contributed by atoms with van der Waals surface area (Å²) in [5, 5.41) is 0. The Balaban J connectivity index is 2.08. The molecule has 0 spiro atoms. The van der Waals surface area contributed by atoms with Crippen molar-refractivity contribution >= 4 is 11.9 Å². The summed E-state index contributed by atoms with van der Waals surface area (Å²) in [4.78, 5) is 27.2. The summed E-state index contributed by atoms with van der Waals surface area (Å²) in [6.07, 6.45) is 0. The molecule has 0 aliphatic carbocycles. The van der Waals surface area contributed by atoms with Gasteiger partial charge in [0.05, 0.1) is 19.3 Å². The third-order valence-electron chi connectivity index (χ3n) is 4.55. The number of amides is 1. The van der Waals surface area contributed by atoms with Gasteiger partial charge >= 0.3 is 5.97 Å². The maximum Gasteiger partial charge on any atom is 0.319 e. The quantitative estimate of drug-likeness (QED) is 0.621. The van der Waals surface area contributed by atoms with Crippen LogP contribution in [0, 0.1) is 11.8 Å². The van der Waals surface area contributed by atoms with Crippen molar-refractivity contribution in [3.8, 4) is 5.75 Å². The van der Waals surface area contributed by atoms with Crippen molar-refractivity contribution in [3.05, 3.63) is 29.8 Å². The number of esters is 1. The second-order valence-corrected chi connectivity index (χ2v) is 7.07. The van der Waals surface area contributed by atoms with E-state index in [0.29, 0.717) is 6.61 Å². The molecule has 0 bridgehead atoms. The van der Waals surface area contributed by atoms with Gasteiger partial charge in [-0.15, -0.1) is 0 Å². The van der Waals surface area contributed by atoms with Crippen LogP contribution in [0.4, 0.5) is 0 Å². The van der Waals surface area contributed by atoms with Crippen LogP contribution in [-0.4, -0.2) is 35.5 Å². The Hall–Kier alpha value is -2.04. The molecule has 5 heteroatoms. The number of para-hydroxylation sites is 1. The first kappa shape index (κ1) is 15.8. The highest BCUT2D eigenvalue weighted by molar-refractivity contribution is 6.00. The summed E-state index contributed by atoms with van der Waals surface area (Å²) in [7, 11) is 0. The predicted molar refractivity (Wildman–Crippen MR) is 84.9 cm³/mol. The summed E-state index contributed by atoms with van der Waals surface area (Å²) >= 11 is 0. The highest BCUT2D eigenvalue weighted by Gasteiger charge is 2.57. The molecule has 1 amide bonds. The molecule has 0 N–H and O–H groups in total. The fourth-order valence-corrected chi connectivity index (χ4v) is 3.70. The van der Waals surface area contributed by atoms with Gasteiger partial charge in [-0.1, -0.05) is 18.2 Å². The van der Waals surface area contributed by atoms with Crippen molar-refractivity contribution in [3.63, 3.8) is 0 Å². The molecule has 23 heavy (non-hydrogen) atoms. The lowest BCUT2D eigenvalue weighted by Gasteiger charge is -2.41. The first-order chi connectivity index (χ1) is 10.9. The van der Waals surface area contributed by atoms with E-state index in [9.17, 15) is 9.59 Å². The lowest BCUT2D eigenvalue weighted by atomic mass is 9.84. The standard InChI is InChI=1S/C18H23NO4/c1-5-22-17(21)14-12-10-23-13-9-7-6-8-11(13)15(12)19(16(14)20)18(2,3)4/h6-9,12,14-15H,5,10H2,1-4H3/t12-,14-,15-/m1/s1. The number of hydrogen-bond donors (Lipinski definition) is 0. The van der Waals surface area contributed by atoms with Crippen molar-refractivity contribution in [1.29, 1.82) is 0 Å². The molecule has 2 aliphatic heterocycles. The van der Waals surface area contributed by atoms with Gasteiger partial charge in [0.15, 0.2) is 0 Å². The fraction of sp³-hybridized carbons (Fsp3) is 0.556. The second kappa shape index (κ2) is 5.55. The molecule has 1 aromatic rings. The normalized spacial score (nSPS) is 26.3. The molecule has 1 aromatic carbocycles. The number of likely N-dealkylation sites (tertiary alicyclic amines) is 1. The van der Waals surface area contributed by atoms with Gasteiger partial charge < -0.3 is 14.4 Å². The number of nitrogens with zero attached hydrogens (tertiary/aromatic N) is 1. The molecule has 0 saturated carbocycles. The smallest absolute Gasteiger partial charge is 0.319 e. The van der Waals surface area contributed by atoms with Gasteiger partial charge in [-0.05, 0) is 33.8 Å². The van der Waals surface area contributed by atoms with Crippen molar-refractivity contribution in [2.75, 3.05) is 13.2 Å². The van der Waals surface area contributed by atoms with Crippen molar-refractivity contribution in [1.82, 2.24) is 4.90 Å². The molecule has 0 radical (unpaired) electrons. The molecule has 2 heterocycles. The minimum Gasteiger partial charge on any atom is -0.493 e. The van der Waals surface area contributed by atoms with Crippen LogP contribution in [0.3, 0.4) is 0 Å². The lowest BCUT2D eigenvalue weighted by molar-refractivity contribution is -0.154. The van der Waals surface area contributed by atoms with Crippen LogP contribution < -0.4 is 4.74 Å². The Labute approximate surface area is 136 Å². The molecule has 2 aliphatic rings. The molecular formula is C18H23NO4. The van der Waals surface area contributed by atoms with E-state index in [1.165, 1.54) is 0 Å². The van der Waals surface area contributed by atoms with Crippen molar-refractivity contribution in [2.24, 2.45) is 11.8 Å². The highest BCUT2D eigenvalue weighted by Crippen LogP contribution is 2.50. The van der Waals surface area contributed by atoms with E-state index in [2.05, 4.69) is 0 Å². The van der Waals surface area contributed by atoms with E-state index < -0.39 is 11.9 Å². The second-order valence-electron chi connectivity index (χ2n) is 7.07. The zero-order chi connectivity index (χ0) is 16.8. The predicted octanol–water partition coefficient (Wildman–Crippen LogP) is 2.56. The van der Waals surface area contributed by atoms with Crippen molar-refractivity contribution in [2.45, 2.75) is 39.3 Å². The molecular weight excluding hydrogens is 294 g/mol. The number of carbonyl (C=O) groups is 2. The number of rotatable bonds is 2. The van der Waals surface area contributed by atoms with Crippen LogP contribution in [0.5, 0.6) is 5.75 Å². The van der Waals surface area contributed by atoms with Gasteiger partial charge in [-0.2, -0.15) is 0 Å². The van der Waals surface area contributed by atoms with Crippen molar-refractivity contribution < 1.29 is 19.1 Å². The minimum atomic E-state index is -0.785. The summed E-state index contributed by atoms with van der Waals surface area (Å²) in [5.41, 5.74) is 0.588. The van der Waals surface area contributed by atoms with Gasteiger partial charge in [0.1, 0.15) is 11.7 Å². The Morgan fingerprint density at radius 3 is 2.70 bits per heavy atom. The maximum absolute atomic E-state index is 13.0. The first-order valence-electron chi connectivity index (χ1n) is 8.07. The van der Waals surface area contributed by atoms with E-state index in [1.54, 1.807) is 6.92 Å². The SMILES string of the molecule is CCOC(=O)[C@H]1C(=O)N(C(C)(C)C)[C@@H]2c3ccccc3OC[C@H]12. The number of carbonyl (C=O) groups excluding carboxylic acids is 2. The fourth-order valence-electron chi connectivity index (χ4n) is 3.70. The molecule has 0 aromatic heterocycles. The Morgan fingerprint density at radius 1 is 1.35 bits per heavy atom. The monoisotopic (exact) mass is 317 g/mol. The summed E-state index contributed by atoms with van der Waals surface area (Å²) in [5.74, 6) is -0.808. The maximum atomic E-state index is 13.0. The van der Waals surface area contributed by atoms with Gasteiger partial charge in [0, 0.05) is 17.0 Å². The van der Waals surface area contributed by atoms with Gasteiger partial charge in [-0.25, -0.2) is 0 Å². The largest absolute Gasteiger partial charge is 0.493 e. The van der Waals surface area contributed by atoms with E-state index in [1.807, 2.05) is 49.9 Å². The third-order valence-corrected chi connectivity index (χ3v) is 4.55.